The number of anilines is 1. The van der Waals surface area contributed by atoms with E-state index in [-0.39, 0.29) is 18.0 Å². The Morgan fingerprint density at radius 3 is 1.72 bits per heavy atom. The molecule has 5 rings (SSSR count). The van der Waals surface area contributed by atoms with Crippen LogP contribution in [0.1, 0.15) is 38.3 Å². The van der Waals surface area contributed by atoms with Crippen molar-refractivity contribution in [3.05, 3.63) is 144 Å². The topological polar surface area (TPSA) is 54.5 Å². The lowest BCUT2D eigenvalue weighted by atomic mass is 9.69. The number of hydrogen-bond acceptors (Lipinski definition) is 3. The van der Waals surface area contributed by atoms with Crippen LogP contribution in [0.3, 0.4) is 0 Å². The Labute approximate surface area is 210 Å². The fraction of sp³-hybridized carbons (Fsp3) is 0.0938. The molecular formula is C32H25NO3. The molecule has 0 saturated carbocycles. The predicted octanol–water partition coefficient (Wildman–Crippen LogP) is 6.24. The van der Waals surface area contributed by atoms with Gasteiger partial charge < -0.3 is 4.90 Å². The summed E-state index contributed by atoms with van der Waals surface area (Å²) in [6.07, 6.45) is 1.45. The van der Waals surface area contributed by atoms with E-state index in [0.717, 1.165) is 16.7 Å². The van der Waals surface area contributed by atoms with Crippen molar-refractivity contribution in [1.29, 1.82) is 0 Å². The van der Waals surface area contributed by atoms with Crippen LogP contribution >= 0.6 is 0 Å². The van der Waals surface area contributed by atoms with E-state index in [0.29, 0.717) is 16.8 Å². The van der Waals surface area contributed by atoms with Crippen LogP contribution in [0.2, 0.25) is 0 Å². The Morgan fingerprint density at radius 2 is 1.17 bits per heavy atom. The molecule has 0 bridgehead atoms. The minimum absolute atomic E-state index is 0.262. The SMILES string of the molecule is CN1C(=O)C(C=C(c2ccccc2)c2ccccc2)(CC(=O)c2ccccc2)C(=O)c2ccccc21. The number of Topliss-reactive ketones (excluding diaryl/α,β-unsaturated/α-hetero) is 2. The Morgan fingerprint density at radius 1 is 0.694 bits per heavy atom. The molecule has 0 fully saturated rings. The van der Waals surface area contributed by atoms with Gasteiger partial charge in [0.25, 0.3) is 0 Å². The Balaban J connectivity index is 1.76. The summed E-state index contributed by atoms with van der Waals surface area (Å²) in [5.41, 5.74) is 2.19. The van der Waals surface area contributed by atoms with Crippen LogP contribution < -0.4 is 4.90 Å². The number of amides is 1. The number of carbonyl (C=O) groups excluding carboxylic acids is 3. The van der Waals surface area contributed by atoms with Crippen molar-refractivity contribution in [1.82, 2.24) is 0 Å². The van der Waals surface area contributed by atoms with Gasteiger partial charge in [-0.05, 0) is 28.8 Å². The van der Waals surface area contributed by atoms with Gasteiger partial charge in [-0.25, -0.2) is 0 Å². The van der Waals surface area contributed by atoms with Crippen molar-refractivity contribution in [3.63, 3.8) is 0 Å². The lowest BCUT2D eigenvalue weighted by Crippen LogP contribution is -2.51. The van der Waals surface area contributed by atoms with E-state index in [1.54, 1.807) is 61.7 Å². The molecule has 1 heterocycles. The molecular weight excluding hydrogens is 446 g/mol. The Kier molecular flexibility index (Phi) is 6.17. The summed E-state index contributed by atoms with van der Waals surface area (Å²) < 4.78 is 0. The molecule has 0 spiro atoms. The van der Waals surface area contributed by atoms with Crippen molar-refractivity contribution in [3.8, 4) is 0 Å². The second-order valence-corrected chi connectivity index (χ2v) is 8.94. The van der Waals surface area contributed by atoms with E-state index in [9.17, 15) is 14.4 Å². The predicted molar refractivity (Wildman–Crippen MR) is 142 cm³/mol. The van der Waals surface area contributed by atoms with Crippen LogP contribution in [0.4, 0.5) is 5.69 Å². The monoisotopic (exact) mass is 471 g/mol. The zero-order valence-electron chi connectivity index (χ0n) is 19.9. The number of para-hydroxylation sites is 1. The van der Waals surface area contributed by atoms with Crippen LogP contribution in [-0.2, 0) is 4.79 Å². The summed E-state index contributed by atoms with van der Waals surface area (Å²) in [6.45, 7) is 0. The average Bonchev–Trinajstić information content (AvgIpc) is 2.95. The van der Waals surface area contributed by atoms with Crippen LogP contribution in [0.5, 0.6) is 0 Å². The zero-order valence-corrected chi connectivity index (χ0v) is 19.9. The molecule has 0 saturated heterocycles. The highest BCUT2D eigenvalue weighted by atomic mass is 16.2. The lowest BCUT2D eigenvalue weighted by Gasteiger charge is -2.38. The third-order valence-corrected chi connectivity index (χ3v) is 6.70. The van der Waals surface area contributed by atoms with Gasteiger partial charge in [-0.1, -0.05) is 109 Å². The minimum atomic E-state index is -1.70. The second kappa shape index (κ2) is 9.59. The second-order valence-electron chi connectivity index (χ2n) is 8.94. The standard InChI is InChI=1S/C32H25NO3/c1-33-28-20-12-11-19-26(28)30(35)32(31(33)36,22-29(34)25-17-9-4-10-18-25)21-27(23-13-5-2-6-14-23)24-15-7-3-8-16-24/h2-21H,22H2,1H3. The van der Waals surface area contributed by atoms with Gasteiger partial charge in [0.2, 0.25) is 5.91 Å². The molecule has 4 nitrogen and oxygen atoms in total. The van der Waals surface area contributed by atoms with Crippen LogP contribution in [-0.4, -0.2) is 24.5 Å². The summed E-state index contributed by atoms with van der Waals surface area (Å²) in [7, 11) is 1.66. The van der Waals surface area contributed by atoms with Crippen molar-refractivity contribution in [2.24, 2.45) is 5.41 Å². The summed E-state index contributed by atoms with van der Waals surface area (Å²) in [6, 6.07) is 35.2. The fourth-order valence-electron chi connectivity index (χ4n) is 4.83. The number of ketones is 2. The van der Waals surface area contributed by atoms with Crippen molar-refractivity contribution < 1.29 is 14.4 Å². The smallest absolute Gasteiger partial charge is 0.245 e. The first kappa shape index (κ1) is 23.2. The van der Waals surface area contributed by atoms with Gasteiger partial charge in [-0.15, -0.1) is 0 Å². The highest BCUT2D eigenvalue weighted by Gasteiger charge is 2.52. The molecule has 1 aliphatic heterocycles. The number of fused-ring (bicyclic) bond motifs is 1. The van der Waals surface area contributed by atoms with Crippen molar-refractivity contribution in [2.45, 2.75) is 6.42 Å². The quantitative estimate of drug-likeness (QED) is 0.247. The van der Waals surface area contributed by atoms with Gasteiger partial charge in [0.05, 0.1) is 5.69 Å². The maximum absolute atomic E-state index is 14.2. The van der Waals surface area contributed by atoms with E-state index < -0.39 is 11.3 Å². The molecule has 4 heteroatoms. The highest BCUT2D eigenvalue weighted by molar-refractivity contribution is 6.28. The largest absolute Gasteiger partial charge is 0.314 e. The summed E-state index contributed by atoms with van der Waals surface area (Å²) >= 11 is 0. The lowest BCUT2D eigenvalue weighted by molar-refractivity contribution is -0.123. The summed E-state index contributed by atoms with van der Waals surface area (Å²) in [5, 5.41) is 0. The van der Waals surface area contributed by atoms with Crippen molar-refractivity contribution in [2.75, 3.05) is 11.9 Å². The maximum Gasteiger partial charge on any atom is 0.245 e. The highest BCUT2D eigenvalue weighted by Crippen LogP contribution is 2.43. The summed E-state index contributed by atoms with van der Waals surface area (Å²) in [4.78, 5) is 43.3. The first-order valence-corrected chi connectivity index (χ1v) is 11.9. The number of rotatable bonds is 6. The van der Waals surface area contributed by atoms with Gasteiger partial charge in [0.1, 0.15) is 5.41 Å². The molecule has 36 heavy (non-hydrogen) atoms. The molecule has 4 aromatic carbocycles. The normalized spacial score (nSPS) is 16.9. The molecule has 1 atom stereocenters. The van der Waals surface area contributed by atoms with Gasteiger partial charge in [-0.3, -0.25) is 14.4 Å². The molecule has 0 N–H and O–H groups in total. The van der Waals surface area contributed by atoms with Crippen LogP contribution in [0.25, 0.3) is 5.57 Å². The maximum atomic E-state index is 14.2. The number of hydrogen-bond donors (Lipinski definition) is 0. The number of benzene rings is 4. The average molecular weight is 472 g/mol. The fourth-order valence-corrected chi connectivity index (χ4v) is 4.83. The first-order valence-electron chi connectivity index (χ1n) is 11.9. The Hall–Kier alpha value is -4.57. The molecule has 4 aromatic rings. The number of nitrogens with zero attached hydrogens (tertiary/aromatic N) is 1. The molecule has 176 valence electrons. The molecule has 1 unspecified atom stereocenters. The van der Waals surface area contributed by atoms with E-state index in [1.165, 1.54) is 4.90 Å². The van der Waals surface area contributed by atoms with E-state index in [2.05, 4.69) is 0 Å². The van der Waals surface area contributed by atoms with Crippen molar-refractivity contribution >= 4 is 28.7 Å². The molecule has 0 aromatic heterocycles. The van der Waals surface area contributed by atoms with E-state index in [1.807, 2.05) is 66.7 Å². The molecule has 0 aliphatic carbocycles. The van der Waals surface area contributed by atoms with E-state index in [4.69, 9.17) is 0 Å². The number of carbonyl (C=O) groups is 3. The molecule has 0 radical (unpaired) electrons. The third kappa shape index (κ3) is 4.07. The summed E-state index contributed by atoms with van der Waals surface area (Å²) in [5.74, 6) is -1.04. The van der Waals surface area contributed by atoms with E-state index >= 15 is 0 Å². The van der Waals surface area contributed by atoms with Gasteiger partial charge >= 0.3 is 0 Å². The van der Waals surface area contributed by atoms with Gasteiger partial charge in [-0.2, -0.15) is 0 Å². The van der Waals surface area contributed by atoms with Gasteiger partial charge in [0.15, 0.2) is 11.6 Å². The Bertz CT molecular complexity index is 1420. The third-order valence-electron chi connectivity index (χ3n) is 6.70. The molecule has 1 aliphatic rings. The van der Waals surface area contributed by atoms with Crippen LogP contribution in [0, 0.1) is 5.41 Å². The zero-order chi connectivity index (χ0) is 25.1. The van der Waals surface area contributed by atoms with Crippen LogP contribution in [0.15, 0.2) is 121 Å². The minimum Gasteiger partial charge on any atom is -0.314 e. The van der Waals surface area contributed by atoms with Gasteiger partial charge in [0, 0.05) is 24.6 Å². The first-order chi connectivity index (χ1) is 17.5. The molecule has 1 amide bonds.